The van der Waals surface area contributed by atoms with E-state index in [4.69, 9.17) is 4.74 Å². The Morgan fingerprint density at radius 3 is 2.77 bits per heavy atom. The fourth-order valence-corrected chi connectivity index (χ4v) is 3.64. The zero-order chi connectivity index (χ0) is 15.9. The molecule has 4 nitrogen and oxygen atoms in total. The zero-order valence-electron chi connectivity index (χ0n) is 13.6. The van der Waals surface area contributed by atoms with Gasteiger partial charge in [-0.1, -0.05) is 38.3 Å². The monoisotopic (exact) mass is 309 g/mol. The highest BCUT2D eigenvalue weighted by Crippen LogP contribution is 2.49. The van der Waals surface area contributed by atoms with Gasteiger partial charge in [-0.15, -0.1) is 0 Å². The number of carboxylic acid groups (broad SMARTS) is 1. The molecular formula is C18H29O4-. The maximum atomic E-state index is 10.3. The first-order chi connectivity index (χ1) is 10.6. The summed E-state index contributed by atoms with van der Waals surface area (Å²) in [5.41, 5.74) is 0. The molecule has 2 rings (SSSR count). The van der Waals surface area contributed by atoms with E-state index in [2.05, 4.69) is 12.2 Å². The van der Waals surface area contributed by atoms with Crippen molar-refractivity contribution in [1.29, 1.82) is 0 Å². The summed E-state index contributed by atoms with van der Waals surface area (Å²) in [7, 11) is 0. The first kappa shape index (κ1) is 17.5. The lowest BCUT2D eigenvalue weighted by Crippen LogP contribution is -2.26. The lowest BCUT2D eigenvalue weighted by Gasteiger charge is -2.23. The second kappa shape index (κ2) is 8.68. The molecule has 0 unspecified atom stereocenters. The molecule has 126 valence electrons. The number of carboxylic acids is 1. The molecule has 1 aliphatic heterocycles. The summed E-state index contributed by atoms with van der Waals surface area (Å²) < 4.78 is 5.62. The van der Waals surface area contributed by atoms with Crippen LogP contribution in [-0.2, 0) is 9.53 Å². The summed E-state index contributed by atoms with van der Waals surface area (Å²) in [5, 5.41) is 20.4. The molecule has 1 N–H and O–H groups in total. The highest BCUT2D eigenvalue weighted by Gasteiger charge is 2.55. The van der Waals surface area contributed by atoms with E-state index < -0.39 is 5.97 Å². The Morgan fingerprint density at radius 2 is 2.05 bits per heavy atom. The van der Waals surface area contributed by atoms with Crippen LogP contribution in [0, 0.1) is 11.8 Å². The van der Waals surface area contributed by atoms with E-state index in [0.29, 0.717) is 24.0 Å². The van der Waals surface area contributed by atoms with E-state index in [9.17, 15) is 15.0 Å². The first-order valence-electron chi connectivity index (χ1n) is 8.83. The first-order valence-corrected chi connectivity index (χ1v) is 8.83. The Hall–Kier alpha value is -0.870. The number of allylic oxidation sites excluding steroid dienone is 1. The summed E-state index contributed by atoms with van der Waals surface area (Å²) in [6.07, 6.45) is 13.2. The number of carbonyl (C=O) groups excluding carboxylic acids is 1. The van der Waals surface area contributed by atoms with Crippen LogP contribution in [0.4, 0.5) is 0 Å². The molecule has 0 bridgehead atoms. The van der Waals surface area contributed by atoms with Crippen LogP contribution in [0.15, 0.2) is 12.2 Å². The minimum atomic E-state index is -0.941. The maximum Gasteiger partial charge on any atom is 0.0908 e. The summed E-state index contributed by atoms with van der Waals surface area (Å²) >= 11 is 0. The van der Waals surface area contributed by atoms with Gasteiger partial charge in [0.2, 0.25) is 0 Å². The molecule has 1 saturated heterocycles. The second-order valence-corrected chi connectivity index (χ2v) is 6.70. The molecular weight excluding hydrogens is 280 g/mol. The van der Waals surface area contributed by atoms with Gasteiger partial charge in [-0.2, -0.15) is 0 Å². The Morgan fingerprint density at radius 1 is 1.32 bits per heavy atom. The Bertz CT molecular complexity index is 379. The number of hydrogen-bond donors (Lipinski definition) is 1. The number of aliphatic hydroxyl groups is 1. The maximum absolute atomic E-state index is 10.3. The van der Waals surface area contributed by atoms with E-state index in [1.807, 2.05) is 6.92 Å². The number of ether oxygens (including phenoxy) is 1. The van der Waals surface area contributed by atoms with Gasteiger partial charge in [0.15, 0.2) is 0 Å². The van der Waals surface area contributed by atoms with Crippen LogP contribution in [0.3, 0.4) is 0 Å². The van der Waals surface area contributed by atoms with E-state index in [-0.39, 0.29) is 12.5 Å². The molecule has 5 atom stereocenters. The van der Waals surface area contributed by atoms with Crippen LogP contribution in [0.5, 0.6) is 0 Å². The van der Waals surface area contributed by atoms with Gasteiger partial charge < -0.3 is 19.7 Å². The molecule has 1 heterocycles. The van der Waals surface area contributed by atoms with Crippen LogP contribution in [0.1, 0.15) is 64.7 Å². The van der Waals surface area contributed by atoms with Crippen molar-refractivity contribution in [3.63, 3.8) is 0 Å². The second-order valence-electron chi connectivity index (χ2n) is 6.70. The Kier molecular flexibility index (Phi) is 6.90. The fourth-order valence-electron chi connectivity index (χ4n) is 3.64. The molecule has 22 heavy (non-hydrogen) atoms. The average Bonchev–Trinajstić information content (AvgIpc) is 3.18. The smallest absolute Gasteiger partial charge is 0.0908 e. The van der Waals surface area contributed by atoms with Crippen LogP contribution < -0.4 is 5.11 Å². The third-order valence-corrected chi connectivity index (χ3v) is 5.02. The van der Waals surface area contributed by atoms with Gasteiger partial charge in [0.25, 0.3) is 0 Å². The number of epoxide rings is 1. The summed E-state index contributed by atoms with van der Waals surface area (Å²) in [5.74, 6) is -0.179. The number of aliphatic carboxylic acids is 1. The molecule has 2 fully saturated rings. The molecule has 0 spiro atoms. The zero-order valence-corrected chi connectivity index (χ0v) is 13.6. The van der Waals surface area contributed by atoms with E-state index in [0.717, 1.165) is 51.4 Å². The van der Waals surface area contributed by atoms with Crippen molar-refractivity contribution in [3.05, 3.63) is 12.2 Å². The van der Waals surface area contributed by atoms with Crippen molar-refractivity contribution in [2.75, 3.05) is 0 Å². The van der Waals surface area contributed by atoms with E-state index in [1.54, 1.807) is 0 Å². The topological polar surface area (TPSA) is 72.9 Å². The predicted octanol–water partition coefficient (Wildman–Crippen LogP) is 2.20. The lowest BCUT2D eigenvalue weighted by atomic mass is 9.88. The summed E-state index contributed by atoms with van der Waals surface area (Å²) in [6, 6.07) is 0. The molecule has 2 aliphatic rings. The molecule has 0 amide bonds. The highest BCUT2D eigenvalue weighted by molar-refractivity contribution is 5.64. The van der Waals surface area contributed by atoms with Gasteiger partial charge >= 0.3 is 0 Å². The summed E-state index contributed by atoms with van der Waals surface area (Å²) in [4.78, 5) is 10.3. The van der Waals surface area contributed by atoms with E-state index >= 15 is 0 Å². The lowest BCUT2D eigenvalue weighted by molar-refractivity contribution is -0.305. The van der Waals surface area contributed by atoms with Crippen molar-refractivity contribution >= 4 is 5.97 Å². The van der Waals surface area contributed by atoms with Gasteiger partial charge in [-0.3, -0.25) is 0 Å². The van der Waals surface area contributed by atoms with Crippen molar-refractivity contribution in [2.45, 2.75) is 83.0 Å². The van der Waals surface area contributed by atoms with Crippen LogP contribution in [0.2, 0.25) is 0 Å². The van der Waals surface area contributed by atoms with Crippen LogP contribution in [-0.4, -0.2) is 29.4 Å². The number of rotatable bonds is 11. The molecule has 1 aliphatic carbocycles. The normalized spacial score (nSPS) is 31.4. The van der Waals surface area contributed by atoms with Crippen LogP contribution >= 0.6 is 0 Å². The van der Waals surface area contributed by atoms with Crippen molar-refractivity contribution < 1.29 is 19.7 Å². The SMILES string of the molecule is CC[C@H](O)[C@@H]1C[C@@H]2O[C@@H]2[C@H]1/C=C\CCCCCCCC(=O)[O-]. The average molecular weight is 309 g/mol. The number of unbranched alkanes of at least 4 members (excludes halogenated alkanes) is 5. The number of carbonyl (C=O) groups is 1. The Balaban J connectivity index is 1.56. The van der Waals surface area contributed by atoms with Gasteiger partial charge in [0.1, 0.15) is 0 Å². The standard InChI is InChI=1S/C18H30O4/c1-2-15(19)14-12-16-18(22-16)13(14)10-8-6-4-3-5-7-9-11-17(20)21/h8,10,13-16,18-19H,2-7,9,11-12H2,1H3,(H,20,21)/p-1/b10-8-/t13-,14+,15-,16-,18+/m0/s1. The van der Waals surface area contributed by atoms with E-state index in [1.165, 1.54) is 0 Å². The summed E-state index contributed by atoms with van der Waals surface area (Å²) in [6.45, 7) is 2.04. The molecule has 0 aromatic rings. The number of fused-ring (bicyclic) bond motifs is 1. The van der Waals surface area contributed by atoms with Gasteiger partial charge in [0.05, 0.1) is 18.3 Å². The number of hydrogen-bond acceptors (Lipinski definition) is 4. The van der Waals surface area contributed by atoms with Crippen LogP contribution in [0.25, 0.3) is 0 Å². The highest BCUT2D eigenvalue weighted by atomic mass is 16.6. The third kappa shape index (κ3) is 5.10. The minimum absolute atomic E-state index is 0.186. The van der Waals surface area contributed by atoms with Crippen molar-refractivity contribution in [3.8, 4) is 0 Å². The molecule has 1 saturated carbocycles. The predicted molar refractivity (Wildman–Crippen MR) is 83.0 cm³/mol. The van der Waals surface area contributed by atoms with Gasteiger partial charge in [0, 0.05) is 11.9 Å². The number of aliphatic hydroxyl groups excluding tert-OH is 1. The third-order valence-electron chi connectivity index (χ3n) is 5.02. The van der Waals surface area contributed by atoms with Crippen molar-refractivity contribution in [2.24, 2.45) is 11.8 Å². The molecule has 0 radical (unpaired) electrons. The van der Waals surface area contributed by atoms with Gasteiger partial charge in [-0.25, -0.2) is 0 Å². The van der Waals surface area contributed by atoms with Gasteiger partial charge in [-0.05, 0) is 44.4 Å². The molecule has 0 aromatic carbocycles. The molecule has 4 heteroatoms. The minimum Gasteiger partial charge on any atom is -0.550 e. The largest absolute Gasteiger partial charge is 0.550 e. The molecule has 0 aromatic heterocycles. The fraction of sp³-hybridized carbons (Fsp3) is 0.833. The van der Waals surface area contributed by atoms with Crippen molar-refractivity contribution in [1.82, 2.24) is 0 Å². The quantitative estimate of drug-likeness (QED) is 0.361. The Labute approximate surface area is 133 Å².